The smallest absolute Gasteiger partial charge is 0.347 e. The van der Waals surface area contributed by atoms with Gasteiger partial charge >= 0.3 is 5.97 Å². The summed E-state index contributed by atoms with van der Waals surface area (Å²) in [6, 6.07) is 16.0. The first-order chi connectivity index (χ1) is 14.0. The van der Waals surface area contributed by atoms with E-state index in [0.29, 0.717) is 36.1 Å². The van der Waals surface area contributed by atoms with Gasteiger partial charge in [0.25, 0.3) is 0 Å². The molecule has 0 saturated heterocycles. The molecule has 2 aromatic heterocycles. The number of anilines is 1. The van der Waals surface area contributed by atoms with Crippen LogP contribution >= 0.6 is 11.3 Å². The van der Waals surface area contributed by atoms with Crippen molar-refractivity contribution in [2.45, 2.75) is 20.1 Å². The summed E-state index contributed by atoms with van der Waals surface area (Å²) in [5, 5.41) is 10.9. The number of ether oxygens (including phenoxy) is 1. The number of aryl methyl sites for hydroxylation is 1. The third-order valence-corrected chi connectivity index (χ3v) is 5.93. The summed E-state index contributed by atoms with van der Waals surface area (Å²) < 4.78 is 7.87. The van der Waals surface area contributed by atoms with E-state index >= 15 is 0 Å². The summed E-state index contributed by atoms with van der Waals surface area (Å²) in [5.74, 6) is -0.950. The zero-order chi connectivity index (χ0) is 20.4. The zero-order valence-corrected chi connectivity index (χ0v) is 16.8. The number of nitrogen functional groups attached to an aromatic ring is 1. The van der Waals surface area contributed by atoms with Crippen LogP contribution in [-0.2, 0) is 17.9 Å². The Hall–Kier alpha value is -3.16. The minimum absolute atomic E-state index is 0.265. The number of benzene rings is 2. The highest BCUT2D eigenvalue weighted by molar-refractivity contribution is 7.17. The molecule has 29 heavy (non-hydrogen) atoms. The number of aromatic nitrogens is 2. The van der Waals surface area contributed by atoms with Gasteiger partial charge in [-0.3, -0.25) is 0 Å². The van der Waals surface area contributed by atoms with Crippen LogP contribution < -0.4 is 5.73 Å². The molecule has 0 unspecified atom stereocenters. The molecule has 0 spiro atoms. The van der Waals surface area contributed by atoms with Gasteiger partial charge < -0.3 is 20.1 Å². The van der Waals surface area contributed by atoms with E-state index in [4.69, 9.17) is 10.5 Å². The Morgan fingerprint density at radius 3 is 2.76 bits per heavy atom. The summed E-state index contributed by atoms with van der Waals surface area (Å²) in [6.45, 7) is 3.56. The summed E-state index contributed by atoms with van der Waals surface area (Å²) in [6.07, 6.45) is 1.91. The molecular weight excluding hydrogens is 386 g/mol. The SMILES string of the molecule is Cc1nc(-c2ccc3c(c2)c(N)cn3CCOCc2ccccc2)sc1C(=O)O. The fraction of sp³-hybridized carbons (Fsp3) is 0.182. The summed E-state index contributed by atoms with van der Waals surface area (Å²) in [5.41, 5.74) is 10.5. The van der Waals surface area contributed by atoms with Gasteiger partial charge in [-0.2, -0.15) is 0 Å². The van der Waals surface area contributed by atoms with E-state index in [2.05, 4.69) is 9.55 Å². The molecule has 0 radical (unpaired) electrons. The topological polar surface area (TPSA) is 90.4 Å². The molecule has 0 fully saturated rings. The lowest BCUT2D eigenvalue weighted by molar-refractivity contribution is 0.0701. The number of rotatable bonds is 7. The van der Waals surface area contributed by atoms with Crippen LogP contribution in [0.4, 0.5) is 5.69 Å². The highest BCUT2D eigenvalue weighted by Gasteiger charge is 2.16. The minimum Gasteiger partial charge on any atom is -0.477 e. The third kappa shape index (κ3) is 4.01. The van der Waals surface area contributed by atoms with E-state index in [1.165, 1.54) is 11.3 Å². The number of hydrogen-bond donors (Lipinski definition) is 2. The van der Waals surface area contributed by atoms with Crippen LogP contribution in [0.15, 0.2) is 54.7 Å². The van der Waals surface area contributed by atoms with Crippen LogP contribution in [0.1, 0.15) is 20.9 Å². The van der Waals surface area contributed by atoms with Gasteiger partial charge in [0.15, 0.2) is 0 Å². The van der Waals surface area contributed by atoms with Crippen molar-refractivity contribution in [2.75, 3.05) is 12.3 Å². The van der Waals surface area contributed by atoms with Gasteiger partial charge in [-0.25, -0.2) is 9.78 Å². The Kier molecular flexibility index (Phi) is 5.33. The van der Waals surface area contributed by atoms with Crippen LogP contribution in [0.5, 0.6) is 0 Å². The van der Waals surface area contributed by atoms with Crippen molar-refractivity contribution in [1.29, 1.82) is 0 Å². The molecule has 0 aliphatic rings. The average molecular weight is 407 g/mol. The molecule has 6 nitrogen and oxygen atoms in total. The lowest BCUT2D eigenvalue weighted by atomic mass is 10.1. The lowest BCUT2D eigenvalue weighted by Crippen LogP contribution is -2.05. The third-order valence-electron chi connectivity index (χ3n) is 4.74. The Morgan fingerprint density at radius 2 is 2.03 bits per heavy atom. The van der Waals surface area contributed by atoms with Crippen molar-refractivity contribution in [2.24, 2.45) is 0 Å². The van der Waals surface area contributed by atoms with E-state index in [9.17, 15) is 9.90 Å². The van der Waals surface area contributed by atoms with Gasteiger partial charge in [0.05, 0.1) is 30.1 Å². The summed E-state index contributed by atoms with van der Waals surface area (Å²) >= 11 is 1.18. The minimum atomic E-state index is -0.950. The van der Waals surface area contributed by atoms with Gasteiger partial charge in [0, 0.05) is 23.7 Å². The largest absolute Gasteiger partial charge is 0.477 e. The molecule has 7 heteroatoms. The second-order valence-electron chi connectivity index (χ2n) is 6.79. The van der Waals surface area contributed by atoms with Crippen LogP contribution in [0.3, 0.4) is 0 Å². The summed E-state index contributed by atoms with van der Waals surface area (Å²) in [7, 11) is 0. The molecule has 2 aromatic carbocycles. The first-order valence-corrected chi connectivity index (χ1v) is 10.1. The van der Waals surface area contributed by atoms with Crippen molar-refractivity contribution < 1.29 is 14.6 Å². The van der Waals surface area contributed by atoms with Crippen LogP contribution in [0, 0.1) is 6.92 Å². The Bertz CT molecular complexity index is 1160. The number of carboxylic acid groups (broad SMARTS) is 1. The predicted molar refractivity (Wildman–Crippen MR) is 115 cm³/mol. The highest BCUT2D eigenvalue weighted by atomic mass is 32.1. The predicted octanol–water partition coefficient (Wildman–Crippen LogP) is 4.57. The molecule has 0 aliphatic heterocycles. The maximum Gasteiger partial charge on any atom is 0.347 e. The monoisotopic (exact) mass is 407 g/mol. The molecule has 0 atom stereocenters. The van der Waals surface area contributed by atoms with Gasteiger partial charge in [0.2, 0.25) is 0 Å². The van der Waals surface area contributed by atoms with E-state index in [0.717, 1.165) is 22.0 Å². The lowest BCUT2D eigenvalue weighted by Gasteiger charge is -2.07. The molecular formula is C22H21N3O3S. The zero-order valence-electron chi connectivity index (χ0n) is 16.0. The number of nitrogens with two attached hydrogens (primary N) is 1. The normalized spacial score (nSPS) is 11.2. The maximum absolute atomic E-state index is 11.3. The number of carboxylic acids is 1. The molecule has 0 amide bonds. The number of hydrogen-bond acceptors (Lipinski definition) is 5. The molecule has 0 bridgehead atoms. The molecule has 148 valence electrons. The molecule has 4 aromatic rings. The number of thiazole rings is 1. The quantitative estimate of drug-likeness (QED) is 0.438. The van der Waals surface area contributed by atoms with E-state index < -0.39 is 5.97 Å². The van der Waals surface area contributed by atoms with E-state index in [1.54, 1.807) is 6.92 Å². The van der Waals surface area contributed by atoms with Crippen LogP contribution in [0.2, 0.25) is 0 Å². The number of fused-ring (bicyclic) bond motifs is 1. The molecule has 4 rings (SSSR count). The van der Waals surface area contributed by atoms with Crippen molar-refractivity contribution >= 4 is 33.9 Å². The molecule has 0 aliphatic carbocycles. The molecule has 3 N–H and O–H groups in total. The molecule has 2 heterocycles. The Morgan fingerprint density at radius 1 is 1.24 bits per heavy atom. The fourth-order valence-corrected chi connectivity index (χ4v) is 4.19. The summed E-state index contributed by atoms with van der Waals surface area (Å²) in [4.78, 5) is 16.0. The van der Waals surface area contributed by atoms with Gasteiger partial charge in [0.1, 0.15) is 9.88 Å². The van der Waals surface area contributed by atoms with Gasteiger partial charge in [-0.05, 0) is 30.7 Å². The second kappa shape index (κ2) is 8.06. The number of carbonyl (C=O) groups is 1. The maximum atomic E-state index is 11.3. The van der Waals surface area contributed by atoms with E-state index in [-0.39, 0.29) is 4.88 Å². The van der Waals surface area contributed by atoms with Crippen LogP contribution in [0.25, 0.3) is 21.5 Å². The van der Waals surface area contributed by atoms with Crippen molar-refractivity contribution in [3.63, 3.8) is 0 Å². The van der Waals surface area contributed by atoms with E-state index in [1.807, 2.05) is 54.7 Å². The Balaban J connectivity index is 1.51. The fourth-order valence-electron chi connectivity index (χ4n) is 3.29. The van der Waals surface area contributed by atoms with Gasteiger partial charge in [-0.1, -0.05) is 30.3 Å². The van der Waals surface area contributed by atoms with Crippen molar-refractivity contribution in [3.05, 3.63) is 70.9 Å². The first kappa shape index (κ1) is 19.2. The highest BCUT2D eigenvalue weighted by Crippen LogP contribution is 2.32. The standard InChI is InChI=1S/C22H21N3O3S/c1-14-20(22(26)27)29-21(24-14)16-7-8-19-17(11-16)18(23)12-25(19)9-10-28-13-15-5-3-2-4-6-15/h2-8,11-12H,9-10,13,23H2,1H3,(H,26,27). The Labute approximate surface area is 172 Å². The van der Waals surface area contributed by atoms with Gasteiger partial charge in [-0.15, -0.1) is 11.3 Å². The number of aromatic carboxylic acids is 1. The molecule has 0 saturated carbocycles. The average Bonchev–Trinajstić information content (AvgIpc) is 3.26. The van der Waals surface area contributed by atoms with Crippen LogP contribution in [-0.4, -0.2) is 27.2 Å². The first-order valence-electron chi connectivity index (χ1n) is 9.24. The van der Waals surface area contributed by atoms with Crippen molar-refractivity contribution in [3.8, 4) is 10.6 Å². The second-order valence-corrected chi connectivity index (χ2v) is 7.79. The number of nitrogens with zero attached hydrogens (tertiary/aromatic N) is 2. The van der Waals surface area contributed by atoms with Crippen molar-refractivity contribution in [1.82, 2.24) is 9.55 Å².